The molecule has 0 aromatic heterocycles. The van der Waals surface area contributed by atoms with E-state index in [4.69, 9.17) is 15.2 Å². The van der Waals surface area contributed by atoms with Crippen molar-refractivity contribution < 1.29 is 14.3 Å². The summed E-state index contributed by atoms with van der Waals surface area (Å²) in [5.41, 5.74) is 10.3. The fraction of sp³-hybridized carbons (Fsp3) is 0.469. The molecule has 2 aliphatic heterocycles. The zero-order chi connectivity index (χ0) is 26.5. The van der Waals surface area contributed by atoms with Crippen molar-refractivity contribution in [2.24, 2.45) is 5.73 Å². The Morgan fingerprint density at radius 2 is 1.92 bits per heavy atom. The van der Waals surface area contributed by atoms with Crippen LogP contribution in [0.5, 0.6) is 5.75 Å². The number of carbonyl (C=O) groups excluding carboxylic acids is 1. The third-order valence-corrected chi connectivity index (χ3v) is 8.26. The van der Waals surface area contributed by atoms with Gasteiger partial charge >= 0.3 is 0 Å². The summed E-state index contributed by atoms with van der Waals surface area (Å²) in [5, 5.41) is 2.44. The Hall–Kier alpha value is -2.93. The van der Waals surface area contributed by atoms with Crippen molar-refractivity contribution in [1.82, 2.24) is 9.80 Å². The van der Waals surface area contributed by atoms with Gasteiger partial charge in [-0.1, -0.05) is 54.6 Å². The first-order valence-electron chi connectivity index (χ1n) is 14.0. The van der Waals surface area contributed by atoms with Crippen molar-refractivity contribution in [3.63, 3.8) is 0 Å². The summed E-state index contributed by atoms with van der Waals surface area (Å²) in [4.78, 5) is 18.0. The molecule has 3 atom stereocenters. The van der Waals surface area contributed by atoms with Gasteiger partial charge in [0.2, 0.25) is 5.91 Å². The fourth-order valence-corrected chi connectivity index (χ4v) is 6.42. The minimum atomic E-state index is -0.189. The Morgan fingerprint density at radius 1 is 1.08 bits per heavy atom. The number of amides is 1. The van der Waals surface area contributed by atoms with Gasteiger partial charge in [0.15, 0.2) is 0 Å². The van der Waals surface area contributed by atoms with Crippen LogP contribution in [0, 0.1) is 0 Å². The van der Waals surface area contributed by atoms with Crippen molar-refractivity contribution in [3.05, 3.63) is 77.4 Å². The van der Waals surface area contributed by atoms with Crippen LogP contribution in [0.25, 0.3) is 10.8 Å². The van der Waals surface area contributed by atoms with Crippen LogP contribution in [0.15, 0.2) is 60.7 Å². The predicted octanol–water partition coefficient (Wildman–Crippen LogP) is 5.08. The lowest BCUT2D eigenvalue weighted by molar-refractivity contribution is -0.134. The molecule has 0 radical (unpaired) electrons. The lowest BCUT2D eigenvalue weighted by Gasteiger charge is -2.40. The zero-order valence-electron chi connectivity index (χ0n) is 22.8. The quantitative estimate of drug-likeness (QED) is 0.381. The maximum Gasteiger partial charge on any atom is 0.224 e. The minimum Gasteiger partial charge on any atom is -0.496 e. The summed E-state index contributed by atoms with van der Waals surface area (Å²) in [6, 6.07) is 21.6. The highest BCUT2D eigenvalue weighted by Gasteiger charge is 2.38. The van der Waals surface area contributed by atoms with E-state index in [9.17, 15) is 4.79 Å². The smallest absolute Gasteiger partial charge is 0.224 e. The zero-order valence-corrected chi connectivity index (χ0v) is 22.8. The number of methoxy groups -OCH3 is 2. The molecule has 2 N–H and O–H groups in total. The van der Waals surface area contributed by atoms with Crippen molar-refractivity contribution in [1.29, 1.82) is 0 Å². The van der Waals surface area contributed by atoms with Gasteiger partial charge in [0, 0.05) is 63.5 Å². The molecule has 1 unspecified atom stereocenters. The second-order valence-corrected chi connectivity index (χ2v) is 10.8. The van der Waals surface area contributed by atoms with Crippen LogP contribution < -0.4 is 10.5 Å². The van der Waals surface area contributed by atoms with E-state index in [-0.39, 0.29) is 18.0 Å². The molecule has 0 saturated carbocycles. The summed E-state index contributed by atoms with van der Waals surface area (Å²) in [7, 11) is 3.52. The Bertz CT molecular complexity index is 1250. The molecule has 0 spiro atoms. The summed E-state index contributed by atoms with van der Waals surface area (Å²) in [5.74, 6) is 1.14. The summed E-state index contributed by atoms with van der Waals surface area (Å²) >= 11 is 0. The maximum atomic E-state index is 13.4. The van der Waals surface area contributed by atoms with Gasteiger partial charge in [0.1, 0.15) is 5.75 Å². The van der Waals surface area contributed by atoms with E-state index in [1.54, 1.807) is 14.2 Å². The third-order valence-electron chi connectivity index (χ3n) is 8.26. The van der Waals surface area contributed by atoms with Crippen LogP contribution in [0.4, 0.5) is 0 Å². The lowest BCUT2D eigenvalue weighted by Crippen LogP contribution is -2.50. The van der Waals surface area contributed by atoms with Gasteiger partial charge in [-0.05, 0) is 60.1 Å². The molecule has 1 saturated heterocycles. The summed E-state index contributed by atoms with van der Waals surface area (Å²) < 4.78 is 11.1. The van der Waals surface area contributed by atoms with Crippen LogP contribution in [-0.4, -0.2) is 61.7 Å². The highest BCUT2D eigenvalue weighted by atomic mass is 16.5. The average molecular weight is 516 g/mol. The number of fused-ring (bicyclic) bond motifs is 2. The van der Waals surface area contributed by atoms with Gasteiger partial charge < -0.3 is 20.1 Å². The van der Waals surface area contributed by atoms with Crippen LogP contribution in [0.3, 0.4) is 0 Å². The normalized spacial score (nSPS) is 20.4. The number of hydrogen-bond acceptors (Lipinski definition) is 5. The van der Waals surface area contributed by atoms with Gasteiger partial charge in [-0.15, -0.1) is 0 Å². The first kappa shape index (κ1) is 26.7. The molecule has 5 rings (SSSR count). The predicted molar refractivity (Wildman–Crippen MR) is 152 cm³/mol. The molecule has 38 heavy (non-hydrogen) atoms. The van der Waals surface area contributed by atoms with Gasteiger partial charge in [-0.25, -0.2) is 0 Å². The molecule has 3 aromatic rings. The van der Waals surface area contributed by atoms with Gasteiger partial charge in [-0.3, -0.25) is 9.69 Å². The topological polar surface area (TPSA) is 68.0 Å². The number of nitrogens with zero attached hydrogens (tertiary/aromatic N) is 2. The van der Waals surface area contributed by atoms with E-state index in [0.29, 0.717) is 18.9 Å². The SMILES string of the molecule is COCCCC1c2c(cccc2OC)CN1[C@@H]1CCCN(C(=O)C[C@H](N)Cc2ccc3ccccc3c2)C1. The van der Waals surface area contributed by atoms with Crippen molar-refractivity contribution >= 4 is 16.7 Å². The number of nitrogens with two attached hydrogens (primary N) is 1. The minimum absolute atomic E-state index is 0.174. The van der Waals surface area contributed by atoms with Gasteiger partial charge in [0.05, 0.1) is 7.11 Å². The van der Waals surface area contributed by atoms with E-state index < -0.39 is 0 Å². The van der Waals surface area contributed by atoms with E-state index in [1.807, 2.05) is 0 Å². The molecule has 2 heterocycles. The molecular formula is C32H41N3O3. The Kier molecular flexibility index (Phi) is 8.62. The number of hydrogen-bond donors (Lipinski definition) is 1. The van der Waals surface area contributed by atoms with E-state index in [2.05, 4.69) is 70.5 Å². The van der Waals surface area contributed by atoms with Crippen LogP contribution in [0.1, 0.15) is 54.8 Å². The number of likely N-dealkylation sites (tertiary alicyclic amines) is 1. The third kappa shape index (κ3) is 5.88. The molecule has 1 amide bonds. The molecule has 3 aromatic carbocycles. The highest BCUT2D eigenvalue weighted by Crippen LogP contribution is 2.44. The molecular weight excluding hydrogens is 474 g/mol. The van der Waals surface area contributed by atoms with Crippen LogP contribution >= 0.6 is 0 Å². The standard InChI is InChI=1S/C32H41N3O3/c1-37-17-7-12-29-32-26(10-5-13-30(32)38-2)21-35(29)28-11-6-16-34(22-28)31(36)20-27(33)19-23-14-15-24-8-3-4-9-25(24)18-23/h3-5,8-10,13-15,18,27-29H,6-7,11-12,16-17,19-22,33H2,1-2H3/t27-,28-,29?/m1/s1. The Labute approximate surface area is 226 Å². The van der Waals surface area contributed by atoms with Crippen molar-refractivity contribution in [2.75, 3.05) is 33.9 Å². The molecule has 1 fully saturated rings. The number of rotatable bonds is 10. The molecule has 6 heteroatoms. The maximum absolute atomic E-state index is 13.4. The number of benzene rings is 3. The summed E-state index contributed by atoms with van der Waals surface area (Å²) in [6.07, 6.45) is 5.22. The van der Waals surface area contributed by atoms with Crippen LogP contribution in [-0.2, 0) is 22.5 Å². The number of ether oxygens (including phenoxy) is 2. The van der Waals surface area contributed by atoms with E-state index >= 15 is 0 Å². The fourth-order valence-electron chi connectivity index (χ4n) is 6.42. The first-order chi connectivity index (χ1) is 18.6. The van der Waals surface area contributed by atoms with E-state index in [1.165, 1.54) is 27.5 Å². The highest BCUT2D eigenvalue weighted by molar-refractivity contribution is 5.83. The van der Waals surface area contributed by atoms with Gasteiger partial charge in [-0.2, -0.15) is 0 Å². The number of piperidine rings is 1. The van der Waals surface area contributed by atoms with Gasteiger partial charge in [0.25, 0.3) is 0 Å². The molecule has 2 aliphatic rings. The monoisotopic (exact) mass is 515 g/mol. The largest absolute Gasteiger partial charge is 0.496 e. The molecule has 6 nitrogen and oxygen atoms in total. The van der Waals surface area contributed by atoms with Crippen molar-refractivity contribution in [3.8, 4) is 5.75 Å². The summed E-state index contributed by atoms with van der Waals surface area (Å²) in [6.45, 7) is 3.23. The average Bonchev–Trinajstić information content (AvgIpc) is 3.32. The Morgan fingerprint density at radius 3 is 2.74 bits per heavy atom. The molecule has 202 valence electrons. The first-order valence-corrected chi connectivity index (χ1v) is 14.0. The van der Waals surface area contributed by atoms with E-state index in [0.717, 1.165) is 57.7 Å². The second kappa shape index (κ2) is 12.3. The Balaban J connectivity index is 1.23. The molecule has 0 aliphatic carbocycles. The van der Waals surface area contributed by atoms with Crippen LogP contribution in [0.2, 0.25) is 0 Å². The number of carbonyl (C=O) groups is 1. The lowest BCUT2D eigenvalue weighted by atomic mass is 9.97. The van der Waals surface area contributed by atoms with Crippen molar-refractivity contribution in [2.45, 2.75) is 63.2 Å². The molecule has 0 bridgehead atoms. The second-order valence-electron chi connectivity index (χ2n) is 10.8.